The number of benzene rings is 1. The van der Waals surface area contributed by atoms with Crippen LogP contribution in [0.2, 0.25) is 10.0 Å². The van der Waals surface area contributed by atoms with E-state index >= 15 is 0 Å². The van der Waals surface area contributed by atoms with Gasteiger partial charge >= 0.3 is 0 Å². The Labute approximate surface area is 104 Å². The molecule has 0 atom stereocenters. The lowest BCUT2D eigenvalue weighted by atomic mass is 10.3. The highest BCUT2D eigenvalue weighted by Crippen LogP contribution is 2.26. The van der Waals surface area contributed by atoms with Crippen molar-refractivity contribution in [1.82, 2.24) is 5.43 Å². The largest absolute Gasteiger partial charge is 0.324 e. The number of hydrazine groups is 1. The summed E-state index contributed by atoms with van der Waals surface area (Å²) < 4.78 is 0. The summed E-state index contributed by atoms with van der Waals surface area (Å²) in [5.41, 5.74) is 3.24. The molecule has 1 aromatic rings. The molecule has 2 rings (SSSR count). The Hall–Kier alpha value is -0.970. The van der Waals surface area contributed by atoms with Gasteiger partial charge in [-0.25, -0.2) is 10.8 Å². The monoisotopic (exact) mass is 258 g/mol. The minimum atomic E-state index is 0.379. The van der Waals surface area contributed by atoms with Gasteiger partial charge in [0.15, 0.2) is 0 Å². The van der Waals surface area contributed by atoms with Crippen LogP contribution in [0.15, 0.2) is 23.2 Å². The van der Waals surface area contributed by atoms with E-state index in [1.807, 2.05) is 0 Å². The Morgan fingerprint density at radius 3 is 2.69 bits per heavy atom. The van der Waals surface area contributed by atoms with Gasteiger partial charge in [0.05, 0.1) is 16.8 Å². The van der Waals surface area contributed by atoms with Gasteiger partial charge in [-0.15, -0.1) is 0 Å². The first kappa shape index (κ1) is 11.5. The lowest BCUT2D eigenvalue weighted by Gasteiger charge is -2.10. The van der Waals surface area contributed by atoms with Crippen LogP contribution < -0.4 is 16.6 Å². The van der Waals surface area contributed by atoms with Crippen LogP contribution >= 0.6 is 23.2 Å². The van der Waals surface area contributed by atoms with Gasteiger partial charge in [0.2, 0.25) is 5.96 Å². The van der Waals surface area contributed by atoms with Crippen LogP contribution in [0.4, 0.5) is 5.69 Å². The standard InChI is InChI=1S/C10H12Cl2N4/c11-6-1-4-9(8(12)5-6)15-10(16-13)14-7-2-3-7/h1,4-5,7H,2-3,13H2,(H2,14,15,16). The molecule has 0 bridgehead atoms. The molecule has 0 spiro atoms. The van der Waals surface area contributed by atoms with Crippen molar-refractivity contribution in [3.05, 3.63) is 28.2 Å². The van der Waals surface area contributed by atoms with Gasteiger partial charge in [0.25, 0.3) is 0 Å². The molecule has 0 amide bonds. The van der Waals surface area contributed by atoms with Gasteiger partial charge in [-0.2, -0.15) is 0 Å². The third-order valence-electron chi connectivity index (χ3n) is 2.18. The van der Waals surface area contributed by atoms with E-state index in [9.17, 15) is 0 Å². The molecule has 0 aliphatic heterocycles. The molecule has 1 fully saturated rings. The molecule has 6 heteroatoms. The van der Waals surface area contributed by atoms with Crippen molar-refractivity contribution in [1.29, 1.82) is 0 Å². The van der Waals surface area contributed by atoms with Gasteiger partial charge in [0.1, 0.15) is 0 Å². The second kappa shape index (κ2) is 4.91. The number of nitrogens with zero attached hydrogens (tertiary/aromatic N) is 1. The van der Waals surface area contributed by atoms with Crippen molar-refractivity contribution in [3.63, 3.8) is 0 Å². The molecule has 0 radical (unpaired) electrons. The van der Waals surface area contributed by atoms with E-state index < -0.39 is 0 Å². The maximum atomic E-state index is 6.01. The molecule has 1 aliphatic carbocycles. The second-order valence-electron chi connectivity index (χ2n) is 3.60. The summed E-state index contributed by atoms with van der Waals surface area (Å²) in [5, 5.41) is 4.15. The fourth-order valence-electron chi connectivity index (χ4n) is 1.21. The molecule has 86 valence electrons. The zero-order valence-corrected chi connectivity index (χ0v) is 10.0. The van der Waals surface area contributed by atoms with Crippen molar-refractivity contribution in [2.75, 3.05) is 5.32 Å². The van der Waals surface area contributed by atoms with E-state index in [0.717, 1.165) is 18.5 Å². The number of anilines is 1. The number of halogens is 2. The van der Waals surface area contributed by atoms with Crippen LogP contribution in [0.1, 0.15) is 12.8 Å². The minimum absolute atomic E-state index is 0.379. The predicted octanol–water partition coefficient (Wildman–Crippen LogP) is 2.39. The SMILES string of the molecule is NNC(=NC1CC1)Nc1ccc(Cl)cc1Cl. The number of hydrogen-bond acceptors (Lipinski definition) is 2. The highest BCUT2D eigenvalue weighted by atomic mass is 35.5. The molecule has 4 N–H and O–H groups in total. The van der Waals surface area contributed by atoms with E-state index in [1.54, 1.807) is 18.2 Å². The first-order valence-corrected chi connectivity index (χ1v) is 5.71. The van der Waals surface area contributed by atoms with Crippen molar-refractivity contribution in [3.8, 4) is 0 Å². The molecule has 0 aromatic heterocycles. The fourth-order valence-corrected chi connectivity index (χ4v) is 1.67. The molecule has 1 aliphatic rings. The number of aliphatic imine (C=N–C) groups is 1. The second-order valence-corrected chi connectivity index (χ2v) is 4.45. The van der Waals surface area contributed by atoms with E-state index in [-0.39, 0.29) is 0 Å². The summed E-state index contributed by atoms with van der Waals surface area (Å²) in [5.74, 6) is 5.88. The zero-order chi connectivity index (χ0) is 11.5. The highest BCUT2D eigenvalue weighted by Gasteiger charge is 2.21. The maximum Gasteiger partial charge on any atom is 0.210 e. The number of nitrogens with two attached hydrogens (primary N) is 1. The van der Waals surface area contributed by atoms with Gasteiger partial charge in [-0.3, -0.25) is 5.43 Å². The smallest absolute Gasteiger partial charge is 0.210 e. The summed E-state index contributed by atoms with van der Waals surface area (Å²) in [6, 6.07) is 5.58. The maximum absolute atomic E-state index is 6.01. The van der Waals surface area contributed by atoms with E-state index in [4.69, 9.17) is 29.0 Å². The van der Waals surface area contributed by atoms with Gasteiger partial charge < -0.3 is 5.32 Å². The lowest BCUT2D eigenvalue weighted by molar-refractivity contribution is 0.966. The summed E-state index contributed by atoms with van der Waals surface area (Å²) in [7, 11) is 0. The van der Waals surface area contributed by atoms with Crippen molar-refractivity contribution in [2.45, 2.75) is 18.9 Å². The van der Waals surface area contributed by atoms with E-state index in [1.165, 1.54) is 0 Å². The van der Waals surface area contributed by atoms with Crippen LogP contribution in [0.5, 0.6) is 0 Å². The van der Waals surface area contributed by atoms with E-state index in [2.05, 4.69) is 15.7 Å². The van der Waals surface area contributed by atoms with Crippen molar-refractivity contribution in [2.24, 2.45) is 10.8 Å². The minimum Gasteiger partial charge on any atom is -0.324 e. The van der Waals surface area contributed by atoms with Crippen LogP contribution in [0.25, 0.3) is 0 Å². The molecule has 16 heavy (non-hydrogen) atoms. The molecular formula is C10H12Cl2N4. The van der Waals surface area contributed by atoms with Crippen LogP contribution in [0, 0.1) is 0 Å². The summed E-state index contributed by atoms with van der Waals surface area (Å²) >= 11 is 11.8. The third kappa shape index (κ3) is 3.01. The van der Waals surface area contributed by atoms with Gasteiger partial charge in [-0.05, 0) is 31.0 Å². The Morgan fingerprint density at radius 1 is 1.38 bits per heavy atom. The Balaban J connectivity index is 2.12. The average molecular weight is 259 g/mol. The van der Waals surface area contributed by atoms with Gasteiger partial charge in [-0.1, -0.05) is 23.2 Å². The van der Waals surface area contributed by atoms with Crippen molar-refractivity contribution < 1.29 is 0 Å². The average Bonchev–Trinajstić information content (AvgIpc) is 3.04. The van der Waals surface area contributed by atoms with Gasteiger partial charge in [0, 0.05) is 5.02 Å². The van der Waals surface area contributed by atoms with Crippen LogP contribution in [-0.2, 0) is 0 Å². The molecule has 0 saturated heterocycles. The van der Waals surface area contributed by atoms with Crippen LogP contribution in [-0.4, -0.2) is 12.0 Å². The highest BCUT2D eigenvalue weighted by molar-refractivity contribution is 6.36. The number of nitrogens with one attached hydrogen (secondary N) is 2. The van der Waals surface area contributed by atoms with E-state index in [0.29, 0.717) is 22.0 Å². The van der Waals surface area contributed by atoms with Crippen LogP contribution in [0.3, 0.4) is 0 Å². The first-order valence-electron chi connectivity index (χ1n) is 4.95. The normalized spacial score (nSPS) is 16.1. The number of guanidine groups is 1. The number of hydrogen-bond donors (Lipinski definition) is 3. The topological polar surface area (TPSA) is 62.4 Å². The molecule has 4 nitrogen and oxygen atoms in total. The summed E-state index contributed by atoms with van der Waals surface area (Å²) in [6.45, 7) is 0. The lowest BCUT2D eigenvalue weighted by Crippen LogP contribution is -2.36. The quantitative estimate of drug-likeness (QED) is 0.331. The molecule has 1 aromatic carbocycles. The Kier molecular flexibility index (Phi) is 3.53. The zero-order valence-electron chi connectivity index (χ0n) is 8.50. The Morgan fingerprint density at radius 2 is 2.12 bits per heavy atom. The molecular weight excluding hydrogens is 247 g/mol. The molecule has 0 unspecified atom stereocenters. The molecule has 1 saturated carbocycles. The fraction of sp³-hybridized carbons (Fsp3) is 0.300. The third-order valence-corrected chi connectivity index (χ3v) is 2.73. The summed E-state index contributed by atoms with van der Waals surface area (Å²) in [4.78, 5) is 4.34. The summed E-state index contributed by atoms with van der Waals surface area (Å²) in [6.07, 6.45) is 2.22. The Bertz CT molecular complexity index is 415. The predicted molar refractivity (Wildman–Crippen MR) is 67.9 cm³/mol. The molecule has 0 heterocycles. The number of rotatable bonds is 2. The van der Waals surface area contributed by atoms with Crippen molar-refractivity contribution >= 4 is 34.8 Å². The first-order chi connectivity index (χ1) is 7.69.